The first kappa shape index (κ1) is 56.7. The van der Waals surface area contributed by atoms with Crippen LogP contribution in [-0.4, -0.2) is 87.5 Å². The Balaban J connectivity index is 2.28. The molecule has 0 radical (unpaired) electrons. The molecular formula is C51H97NO8. The summed E-state index contributed by atoms with van der Waals surface area (Å²) in [5.74, 6) is -0.184. The molecule has 1 saturated heterocycles. The molecule has 7 unspecified atom stereocenters. The number of ether oxygens (including phenoxy) is 2. The zero-order valence-corrected chi connectivity index (χ0v) is 39.0. The lowest BCUT2D eigenvalue weighted by atomic mass is 9.99. The lowest BCUT2D eigenvalue weighted by Gasteiger charge is -2.40. The minimum Gasteiger partial charge on any atom is -0.394 e. The van der Waals surface area contributed by atoms with Crippen molar-refractivity contribution in [3.05, 3.63) is 24.3 Å². The quantitative estimate of drug-likeness (QED) is 0.0262. The van der Waals surface area contributed by atoms with E-state index in [-0.39, 0.29) is 12.5 Å². The Morgan fingerprint density at radius 1 is 0.550 bits per heavy atom. The largest absolute Gasteiger partial charge is 0.394 e. The highest BCUT2D eigenvalue weighted by Crippen LogP contribution is 2.23. The fourth-order valence-electron chi connectivity index (χ4n) is 8.15. The molecule has 0 aliphatic carbocycles. The molecule has 1 aliphatic rings. The maximum Gasteiger partial charge on any atom is 0.220 e. The highest BCUT2D eigenvalue weighted by atomic mass is 16.7. The van der Waals surface area contributed by atoms with Gasteiger partial charge in [0.1, 0.15) is 24.4 Å². The van der Waals surface area contributed by atoms with E-state index in [9.17, 15) is 30.3 Å². The second kappa shape index (κ2) is 41.7. The Morgan fingerprint density at radius 2 is 0.933 bits per heavy atom. The molecular weight excluding hydrogens is 755 g/mol. The topological polar surface area (TPSA) is 149 Å². The average Bonchev–Trinajstić information content (AvgIpc) is 3.25. The van der Waals surface area contributed by atoms with Crippen molar-refractivity contribution >= 4 is 5.91 Å². The van der Waals surface area contributed by atoms with E-state index in [4.69, 9.17) is 9.47 Å². The number of hydrogen-bond acceptors (Lipinski definition) is 8. The Morgan fingerprint density at radius 3 is 1.35 bits per heavy atom. The van der Waals surface area contributed by atoms with Crippen LogP contribution < -0.4 is 5.32 Å². The number of carbonyl (C=O) groups is 1. The summed E-state index contributed by atoms with van der Waals surface area (Å²) in [7, 11) is 0. The summed E-state index contributed by atoms with van der Waals surface area (Å²) in [4.78, 5) is 13.0. The lowest BCUT2D eigenvalue weighted by Crippen LogP contribution is -2.60. The summed E-state index contributed by atoms with van der Waals surface area (Å²) >= 11 is 0. The van der Waals surface area contributed by atoms with Crippen LogP contribution in [0.5, 0.6) is 0 Å². The number of allylic oxidation sites excluding steroid dienone is 3. The molecule has 0 aromatic rings. The van der Waals surface area contributed by atoms with Crippen molar-refractivity contribution in [2.45, 2.75) is 281 Å². The van der Waals surface area contributed by atoms with Crippen molar-refractivity contribution in [1.82, 2.24) is 5.32 Å². The van der Waals surface area contributed by atoms with Gasteiger partial charge in [0.05, 0.1) is 25.4 Å². The predicted octanol–water partition coefficient (Wildman–Crippen LogP) is 11.5. The first-order valence-corrected chi connectivity index (χ1v) is 25.6. The molecule has 0 spiro atoms. The van der Waals surface area contributed by atoms with Crippen LogP contribution in [0.1, 0.15) is 239 Å². The molecule has 0 aromatic heterocycles. The van der Waals surface area contributed by atoms with Gasteiger partial charge in [0.2, 0.25) is 5.91 Å². The maximum absolute atomic E-state index is 13.0. The number of hydrogen-bond donors (Lipinski definition) is 6. The van der Waals surface area contributed by atoms with Crippen molar-refractivity contribution in [2.75, 3.05) is 13.2 Å². The fourth-order valence-corrected chi connectivity index (χ4v) is 8.15. The molecule has 354 valence electrons. The number of aliphatic hydroxyl groups excluding tert-OH is 5. The van der Waals surface area contributed by atoms with Gasteiger partial charge in [-0.15, -0.1) is 0 Å². The van der Waals surface area contributed by atoms with Gasteiger partial charge in [-0.3, -0.25) is 4.79 Å². The summed E-state index contributed by atoms with van der Waals surface area (Å²) in [5.41, 5.74) is 0. The monoisotopic (exact) mass is 852 g/mol. The molecule has 9 heteroatoms. The van der Waals surface area contributed by atoms with E-state index in [1.54, 1.807) is 6.08 Å². The number of unbranched alkanes of at least 4 members (excludes halogenated alkanes) is 31. The minimum atomic E-state index is -1.57. The molecule has 1 fully saturated rings. The summed E-state index contributed by atoms with van der Waals surface area (Å²) < 4.78 is 11.2. The molecule has 60 heavy (non-hydrogen) atoms. The molecule has 0 saturated carbocycles. The first-order valence-electron chi connectivity index (χ1n) is 25.6. The Bertz CT molecular complexity index is 992. The highest BCUT2D eigenvalue weighted by Gasteiger charge is 2.44. The van der Waals surface area contributed by atoms with E-state index in [0.717, 1.165) is 57.8 Å². The van der Waals surface area contributed by atoms with Crippen LogP contribution in [-0.2, 0) is 14.3 Å². The van der Waals surface area contributed by atoms with Crippen molar-refractivity contribution < 1.29 is 39.8 Å². The van der Waals surface area contributed by atoms with Crippen LogP contribution in [0.25, 0.3) is 0 Å². The van der Waals surface area contributed by atoms with Gasteiger partial charge in [-0.25, -0.2) is 0 Å². The van der Waals surface area contributed by atoms with Crippen molar-refractivity contribution in [1.29, 1.82) is 0 Å². The zero-order chi connectivity index (χ0) is 43.7. The Labute approximate surface area is 369 Å². The first-order chi connectivity index (χ1) is 29.3. The predicted molar refractivity (Wildman–Crippen MR) is 249 cm³/mol. The van der Waals surface area contributed by atoms with Crippen molar-refractivity contribution in [2.24, 2.45) is 0 Å². The molecule has 1 heterocycles. The van der Waals surface area contributed by atoms with Crippen LogP contribution in [0.4, 0.5) is 0 Å². The van der Waals surface area contributed by atoms with Crippen LogP contribution in [0.3, 0.4) is 0 Å². The van der Waals surface area contributed by atoms with E-state index >= 15 is 0 Å². The smallest absolute Gasteiger partial charge is 0.220 e. The third kappa shape index (κ3) is 31.5. The van der Waals surface area contributed by atoms with Crippen molar-refractivity contribution in [3.8, 4) is 0 Å². The van der Waals surface area contributed by atoms with E-state index in [0.29, 0.717) is 6.42 Å². The average molecular weight is 852 g/mol. The molecule has 1 aliphatic heterocycles. The zero-order valence-electron chi connectivity index (χ0n) is 39.0. The number of aliphatic hydroxyl groups is 5. The fraction of sp³-hybridized carbons (Fsp3) is 0.902. The molecule has 6 N–H and O–H groups in total. The number of nitrogens with one attached hydrogen (secondary N) is 1. The van der Waals surface area contributed by atoms with Gasteiger partial charge in [-0.2, -0.15) is 0 Å². The van der Waals surface area contributed by atoms with Crippen LogP contribution >= 0.6 is 0 Å². The van der Waals surface area contributed by atoms with Gasteiger partial charge in [-0.05, 0) is 44.9 Å². The SMILES string of the molecule is CCCCCCC/C=C\CCCCCCCC(=O)NC(COC1OC(CO)C(O)C(O)C1O)C(O)/C=C/CCCCCCCCCCCCCCCCCCCCCCC. The molecule has 7 atom stereocenters. The molecule has 1 rings (SSSR count). The third-order valence-corrected chi connectivity index (χ3v) is 12.3. The normalized spacial score (nSPS) is 20.7. The van der Waals surface area contributed by atoms with Crippen molar-refractivity contribution in [3.63, 3.8) is 0 Å². The van der Waals surface area contributed by atoms with Gasteiger partial charge < -0.3 is 40.3 Å². The van der Waals surface area contributed by atoms with Crippen LogP contribution in [0.2, 0.25) is 0 Å². The van der Waals surface area contributed by atoms with Crippen LogP contribution in [0, 0.1) is 0 Å². The van der Waals surface area contributed by atoms with Gasteiger partial charge >= 0.3 is 0 Å². The Hall–Kier alpha value is -1.33. The summed E-state index contributed by atoms with van der Waals surface area (Å²) in [5, 5.41) is 54.3. The second-order valence-corrected chi connectivity index (χ2v) is 18.0. The van der Waals surface area contributed by atoms with Gasteiger partial charge in [0.15, 0.2) is 6.29 Å². The molecule has 0 bridgehead atoms. The van der Waals surface area contributed by atoms with E-state index in [2.05, 4.69) is 31.3 Å². The Kier molecular flexibility index (Phi) is 39.4. The van der Waals surface area contributed by atoms with E-state index < -0.39 is 49.5 Å². The molecule has 1 amide bonds. The lowest BCUT2D eigenvalue weighted by molar-refractivity contribution is -0.302. The van der Waals surface area contributed by atoms with Gasteiger partial charge in [-0.1, -0.05) is 212 Å². The number of amides is 1. The number of carbonyl (C=O) groups excluding carboxylic acids is 1. The highest BCUT2D eigenvalue weighted by molar-refractivity contribution is 5.76. The van der Waals surface area contributed by atoms with E-state index in [1.807, 2.05) is 6.08 Å². The third-order valence-electron chi connectivity index (χ3n) is 12.3. The molecule has 9 nitrogen and oxygen atoms in total. The minimum absolute atomic E-state index is 0.184. The standard InChI is InChI=1S/C51H97NO8/c1-3-5-7-9-11-13-15-17-19-20-21-22-23-24-25-26-27-28-30-32-34-36-38-40-45(54)44(43-59-51-50(58)49(57)48(56)46(42-53)60-51)52-47(55)41-39-37-35-33-31-29-18-16-14-12-10-8-6-4-2/h16,18,38,40,44-46,48-51,53-54,56-58H,3-15,17,19-37,39,41-43H2,1-2H3,(H,52,55)/b18-16-,40-38+. The molecule has 0 aromatic carbocycles. The van der Waals surface area contributed by atoms with Crippen LogP contribution in [0.15, 0.2) is 24.3 Å². The van der Waals surface area contributed by atoms with Gasteiger partial charge in [0, 0.05) is 6.42 Å². The summed E-state index contributed by atoms with van der Waals surface area (Å²) in [6.07, 6.45) is 43.7. The van der Waals surface area contributed by atoms with E-state index in [1.165, 1.54) is 161 Å². The summed E-state index contributed by atoms with van der Waals surface area (Å²) in [6.45, 7) is 3.78. The maximum atomic E-state index is 13.0. The number of rotatable bonds is 43. The second-order valence-electron chi connectivity index (χ2n) is 18.0. The summed E-state index contributed by atoms with van der Waals surface area (Å²) in [6, 6.07) is -0.806. The van der Waals surface area contributed by atoms with Gasteiger partial charge in [0.25, 0.3) is 0 Å².